The van der Waals surface area contributed by atoms with Crippen molar-refractivity contribution in [3.63, 3.8) is 0 Å². The molecule has 0 aliphatic carbocycles. The number of carbonyl (C=O) groups is 1. The Morgan fingerprint density at radius 1 is 1.08 bits per heavy atom. The van der Waals surface area contributed by atoms with Crippen LogP contribution in [0.25, 0.3) is 0 Å². The lowest BCUT2D eigenvalue weighted by Crippen LogP contribution is -2.59. The van der Waals surface area contributed by atoms with Crippen LogP contribution in [0.1, 0.15) is 13.8 Å². The van der Waals surface area contributed by atoms with Gasteiger partial charge in [0.15, 0.2) is 0 Å². The summed E-state index contributed by atoms with van der Waals surface area (Å²) in [5.74, 6) is 1.68. The molecule has 3 fully saturated rings. The van der Waals surface area contributed by atoms with Gasteiger partial charge in [0, 0.05) is 50.9 Å². The number of thioether (sulfide) groups is 1. The Bertz CT molecular complexity index is 549. The van der Waals surface area contributed by atoms with Crippen molar-refractivity contribution >= 4 is 27.9 Å². The third-order valence-corrected chi connectivity index (χ3v) is 7.51. The maximum atomic E-state index is 12.8. The molecule has 0 aromatic rings. The van der Waals surface area contributed by atoms with Gasteiger partial charge in [-0.3, -0.25) is 10.1 Å². The van der Waals surface area contributed by atoms with E-state index in [1.807, 2.05) is 13.8 Å². The van der Waals surface area contributed by atoms with Gasteiger partial charge in [0.25, 0.3) is 10.2 Å². The lowest BCUT2D eigenvalue weighted by molar-refractivity contribution is -0.133. The van der Waals surface area contributed by atoms with Crippen molar-refractivity contribution in [3.8, 4) is 0 Å². The Hall–Kier alpha value is -0.390. The summed E-state index contributed by atoms with van der Waals surface area (Å²) in [4.78, 5) is 14.2. The number of ether oxygens (including phenoxy) is 1. The van der Waals surface area contributed by atoms with Crippen molar-refractivity contribution in [3.05, 3.63) is 0 Å². The standard InChI is InChI=1S/C14H26N4O4S2/c1-11-7-18(8-12(2)22-11)24(20,21)17-5-3-16(4-6-17)14(19)13-9-23-10-15-13/h11-13,15H,3-10H2,1-2H3. The first kappa shape index (κ1) is 18.4. The maximum Gasteiger partial charge on any atom is 0.282 e. The van der Waals surface area contributed by atoms with Crippen LogP contribution in [-0.2, 0) is 19.7 Å². The van der Waals surface area contributed by atoms with E-state index >= 15 is 0 Å². The quantitative estimate of drug-likeness (QED) is 0.689. The first-order valence-corrected chi connectivity index (χ1v) is 10.9. The SMILES string of the molecule is CC1CN(S(=O)(=O)N2CCN(C(=O)C3CSCN3)CC2)CC(C)O1. The van der Waals surface area contributed by atoms with E-state index < -0.39 is 10.2 Å². The molecule has 138 valence electrons. The summed E-state index contributed by atoms with van der Waals surface area (Å²) in [6, 6.07) is -0.126. The fourth-order valence-corrected chi connectivity index (χ4v) is 6.08. The minimum Gasteiger partial charge on any atom is -0.373 e. The molecule has 0 saturated carbocycles. The fraction of sp³-hybridized carbons (Fsp3) is 0.929. The smallest absolute Gasteiger partial charge is 0.282 e. The van der Waals surface area contributed by atoms with Crippen LogP contribution < -0.4 is 5.32 Å². The summed E-state index contributed by atoms with van der Waals surface area (Å²) < 4.78 is 34.3. The van der Waals surface area contributed by atoms with Gasteiger partial charge in [0.05, 0.1) is 18.2 Å². The summed E-state index contributed by atoms with van der Waals surface area (Å²) in [6.07, 6.45) is -0.199. The van der Waals surface area contributed by atoms with Gasteiger partial charge >= 0.3 is 0 Å². The lowest BCUT2D eigenvalue weighted by atomic mass is 10.2. The van der Waals surface area contributed by atoms with Crippen molar-refractivity contribution < 1.29 is 17.9 Å². The third-order valence-electron chi connectivity index (χ3n) is 4.60. The maximum absolute atomic E-state index is 12.8. The molecule has 24 heavy (non-hydrogen) atoms. The Morgan fingerprint density at radius 3 is 2.25 bits per heavy atom. The highest BCUT2D eigenvalue weighted by Gasteiger charge is 2.38. The molecule has 3 aliphatic rings. The number of hydrogen-bond donors (Lipinski definition) is 1. The number of piperazine rings is 1. The second-order valence-electron chi connectivity index (χ2n) is 6.58. The van der Waals surface area contributed by atoms with Gasteiger partial charge in [-0.25, -0.2) is 0 Å². The molecule has 3 heterocycles. The van der Waals surface area contributed by atoms with Gasteiger partial charge in [-0.05, 0) is 13.8 Å². The average Bonchev–Trinajstić information content (AvgIpc) is 3.08. The number of carbonyl (C=O) groups excluding carboxylic acids is 1. The number of morpholine rings is 1. The molecule has 3 rings (SSSR count). The molecule has 3 unspecified atom stereocenters. The molecule has 0 aromatic heterocycles. The predicted molar refractivity (Wildman–Crippen MR) is 92.9 cm³/mol. The summed E-state index contributed by atoms with van der Waals surface area (Å²) in [7, 11) is -3.49. The Balaban J connectivity index is 1.58. The van der Waals surface area contributed by atoms with Crippen LogP contribution >= 0.6 is 11.8 Å². The minimum absolute atomic E-state index is 0.0886. The van der Waals surface area contributed by atoms with E-state index in [2.05, 4.69) is 5.32 Å². The van der Waals surface area contributed by atoms with E-state index in [4.69, 9.17) is 4.74 Å². The monoisotopic (exact) mass is 378 g/mol. The van der Waals surface area contributed by atoms with E-state index in [0.29, 0.717) is 39.3 Å². The number of nitrogens with one attached hydrogen (secondary N) is 1. The van der Waals surface area contributed by atoms with Crippen LogP contribution in [-0.4, -0.2) is 97.0 Å². The molecule has 10 heteroatoms. The second kappa shape index (κ2) is 7.46. The van der Waals surface area contributed by atoms with Crippen LogP contribution in [0.3, 0.4) is 0 Å². The van der Waals surface area contributed by atoms with Crippen molar-refractivity contribution in [2.24, 2.45) is 0 Å². The number of hydrogen-bond acceptors (Lipinski definition) is 6. The van der Waals surface area contributed by atoms with Gasteiger partial charge in [-0.1, -0.05) is 0 Å². The van der Waals surface area contributed by atoms with Crippen LogP contribution in [0.2, 0.25) is 0 Å². The summed E-state index contributed by atoms with van der Waals surface area (Å²) in [5, 5.41) is 3.17. The molecule has 1 amide bonds. The van der Waals surface area contributed by atoms with Crippen molar-refractivity contribution in [1.82, 2.24) is 18.8 Å². The normalized spacial score (nSPS) is 33.8. The third kappa shape index (κ3) is 3.88. The van der Waals surface area contributed by atoms with Gasteiger partial charge in [-0.2, -0.15) is 17.0 Å². The molecule has 1 N–H and O–H groups in total. The van der Waals surface area contributed by atoms with E-state index in [1.165, 1.54) is 8.61 Å². The Morgan fingerprint density at radius 2 is 1.71 bits per heavy atom. The highest BCUT2D eigenvalue weighted by molar-refractivity contribution is 7.99. The van der Waals surface area contributed by atoms with Crippen molar-refractivity contribution in [1.29, 1.82) is 0 Å². The highest BCUT2D eigenvalue weighted by atomic mass is 32.2. The summed E-state index contributed by atoms with van der Waals surface area (Å²) in [5.41, 5.74) is 0. The minimum atomic E-state index is -3.49. The van der Waals surface area contributed by atoms with Gasteiger partial charge < -0.3 is 9.64 Å². The van der Waals surface area contributed by atoms with Crippen LogP contribution in [0.5, 0.6) is 0 Å². The highest BCUT2D eigenvalue weighted by Crippen LogP contribution is 2.20. The summed E-state index contributed by atoms with van der Waals surface area (Å²) >= 11 is 1.72. The number of amides is 1. The first-order chi connectivity index (χ1) is 11.4. The van der Waals surface area contributed by atoms with Crippen molar-refractivity contribution in [2.45, 2.75) is 32.1 Å². The molecular weight excluding hydrogens is 352 g/mol. The fourth-order valence-electron chi connectivity index (χ4n) is 3.40. The van der Waals surface area contributed by atoms with Gasteiger partial charge in [-0.15, -0.1) is 11.8 Å². The van der Waals surface area contributed by atoms with Crippen LogP contribution in [0.4, 0.5) is 0 Å². The Labute approximate surface area is 148 Å². The first-order valence-electron chi connectivity index (χ1n) is 8.38. The zero-order valence-electron chi connectivity index (χ0n) is 14.2. The second-order valence-corrected chi connectivity index (χ2v) is 9.54. The lowest BCUT2D eigenvalue weighted by Gasteiger charge is -2.40. The van der Waals surface area contributed by atoms with Crippen LogP contribution in [0.15, 0.2) is 0 Å². The molecule has 0 bridgehead atoms. The zero-order valence-corrected chi connectivity index (χ0v) is 15.8. The molecule has 8 nitrogen and oxygen atoms in total. The van der Waals surface area contributed by atoms with E-state index in [9.17, 15) is 13.2 Å². The Kier molecular flexibility index (Phi) is 5.72. The molecule has 0 aromatic carbocycles. The molecular formula is C14H26N4O4S2. The average molecular weight is 379 g/mol. The van der Waals surface area contributed by atoms with Gasteiger partial charge in [0.1, 0.15) is 0 Å². The number of nitrogens with zero attached hydrogens (tertiary/aromatic N) is 3. The van der Waals surface area contributed by atoms with E-state index in [1.54, 1.807) is 16.7 Å². The molecule has 3 aliphatic heterocycles. The molecule has 3 atom stereocenters. The zero-order chi connectivity index (χ0) is 17.3. The molecule has 0 radical (unpaired) electrons. The topological polar surface area (TPSA) is 82.2 Å². The van der Waals surface area contributed by atoms with Gasteiger partial charge in [0.2, 0.25) is 5.91 Å². The largest absolute Gasteiger partial charge is 0.373 e. The van der Waals surface area contributed by atoms with E-state index in [0.717, 1.165) is 11.6 Å². The predicted octanol–water partition coefficient (Wildman–Crippen LogP) is -0.853. The molecule has 3 saturated heterocycles. The van der Waals surface area contributed by atoms with E-state index in [-0.39, 0.29) is 24.2 Å². The van der Waals surface area contributed by atoms with Crippen LogP contribution in [0, 0.1) is 0 Å². The number of rotatable bonds is 3. The van der Waals surface area contributed by atoms with Crippen molar-refractivity contribution in [2.75, 3.05) is 50.9 Å². The molecule has 0 spiro atoms. The summed E-state index contributed by atoms with van der Waals surface area (Å²) in [6.45, 7) is 6.17.